The van der Waals surface area contributed by atoms with Crippen LogP contribution in [0.4, 0.5) is 0 Å². The van der Waals surface area contributed by atoms with Crippen molar-refractivity contribution < 1.29 is 4.84 Å². The van der Waals surface area contributed by atoms with Gasteiger partial charge in [-0.05, 0) is 6.92 Å². The highest BCUT2D eigenvalue weighted by Gasteiger charge is 2.32. The molecule has 2 heteroatoms. The highest BCUT2D eigenvalue weighted by Crippen LogP contribution is 2.28. The molecule has 11 heavy (non-hydrogen) atoms. The average Bonchev–Trinajstić information content (AvgIpc) is 2.02. The van der Waals surface area contributed by atoms with Crippen LogP contribution in [0.5, 0.6) is 0 Å². The van der Waals surface area contributed by atoms with Gasteiger partial charge in [0, 0.05) is 5.56 Å². The maximum atomic E-state index is 5.07. The quantitative estimate of drug-likeness (QED) is 0.594. The summed E-state index contributed by atoms with van der Waals surface area (Å²) in [5, 5.41) is 3.62. The second kappa shape index (κ2) is 2.09. The van der Waals surface area contributed by atoms with Gasteiger partial charge in [0.2, 0.25) is 0 Å². The zero-order valence-electron chi connectivity index (χ0n) is 6.32. The molecule has 0 aliphatic carbocycles. The Morgan fingerprint density at radius 2 is 1.91 bits per heavy atom. The Hall–Kier alpha value is -1.31. The third-order valence-corrected chi connectivity index (χ3v) is 1.89. The number of hydrogen-bond donors (Lipinski definition) is 0. The molecular weight excluding hydrogens is 138 g/mol. The highest BCUT2D eigenvalue weighted by molar-refractivity contribution is 5.73. The lowest BCUT2D eigenvalue weighted by Crippen LogP contribution is -2.32. The Balaban J connectivity index is 2.37. The van der Waals surface area contributed by atoms with Crippen molar-refractivity contribution in [1.82, 2.24) is 0 Å². The van der Waals surface area contributed by atoms with E-state index in [4.69, 9.17) is 4.84 Å². The minimum absolute atomic E-state index is 0.277. The van der Waals surface area contributed by atoms with Crippen LogP contribution < -0.4 is 0 Å². The van der Waals surface area contributed by atoms with Crippen molar-refractivity contribution >= 4 is 6.21 Å². The Labute approximate surface area is 65.5 Å². The molecule has 0 N–H and O–H groups in total. The normalized spacial score (nSPS) is 27.4. The van der Waals surface area contributed by atoms with Crippen LogP contribution >= 0.6 is 0 Å². The van der Waals surface area contributed by atoms with Crippen molar-refractivity contribution in [2.24, 2.45) is 5.16 Å². The fourth-order valence-corrected chi connectivity index (χ4v) is 1.11. The van der Waals surface area contributed by atoms with Crippen molar-refractivity contribution in [3.8, 4) is 0 Å². The van der Waals surface area contributed by atoms with Crippen molar-refractivity contribution in [1.29, 1.82) is 0 Å². The second-order valence-corrected chi connectivity index (χ2v) is 2.80. The molecule has 2 rings (SSSR count). The molecule has 0 radical (unpaired) electrons. The number of hydrogen-bond acceptors (Lipinski definition) is 2. The number of nitrogens with zero attached hydrogens (tertiary/aromatic N) is 1. The summed E-state index contributed by atoms with van der Waals surface area (Å²) in [5.74, 6) is 0. The van der Waals surface area contributed by atoms with Crippen LogP contribution in [0.15, 0.2) is 35.5 Å². The fraction of sp³-hybridized carbons (Fsp3) is 0.222. The molecular formula is C9H9NO. The van der Waals surface area contributed by atoms with Gasteiger partial charge in [-0.15, -0.1) is 0 Å². The minimum Gasteiger partial charge on any atom is -0.379 e. The van der Waals surface area contributed by atoms with Gasteiger partial charge in [-0.3, -0.25) is 0 Å². The third kappa shape index (κ3) is 0.909. The number of oxime groups is 1. The average molecular weight is 147 g/mol. The van der Waals surface area contributed by atoms with Crippen LogP contribution in [0.2, 0.25) is 0 Å². The lowest BCUT2D eigenvalue weighted by molar-refractivity contribution is -0.0153. The molecule has 0 amide bonds. The molecule has 0 fully saturated rings. The van der Waals surface area contributed by atoms with Crippen LogP contribution in [-0.2, 0) is 10.4 Å². The predicted molar refractivity (Wildman–Crippen MR) is 43.4 cm³/mol. The van der Waals surface area contributed by atoms with Gasteiger partial charge in [0.05, 0.1) is 6.21 Å². The summed E-state index contributed by atoms with van der Waals surface area (Å²) in [6.07, 6.45) is 1.81. The van der Waals surface area contributed by atoms with E-state index < -0.39 is 0 Å². The first-order valence-electron chi connectivity index (χ1n) is 3.59. The van der Waals surface area contributed by atoms with Crippen LogP contribution in [0.25, 0.3) is 0 Å². The topological polar surface area (TPSA) is 21.6 Å². The molecule has 1 heterocycles. The molecule has 1 aliphatic rings. The van der Waals surface area contributed by atoms with Crippen molar-refractivity contribution in [2.45, 2.75) is 12.5 Å². The molecule has 0 saturated carbocycles. The van der Waals surface area contributed by atoms with Gasteiger partial charge in [-0.2, -0.15) is 0 Å². The molecule has 0 aromatic heterocycles. The van der Waals surface area contributed by atoms with Crippen LogP contribution in [0, 0.1) is 0 Å². The first kappa shape index (κ1) is 6.40. The number of rotatable bonds is 1. The molecule has 1 aromatic carbocycles. The van der Waals surface area contributed by atoms with Crippen LogP contribution in [0.1, 0.15) is 12.5 Å². The summed E-state index contributed by atoms with van der Waals surface area (Å²) >= 11 is 0. The molecule has 1 aromatic rings. The van der Waals surface area contributed by atoms with Gasteiger partial charge in [0.1, 0.15) is 0 Å². The molecule has 2 nitrogen and oxygen atoms in total. The van der Waals surface area contributed by atoms with Crippen molar-refractivity contribution in [3.63, 3.8) is 0 Å². The van der Waals surface area contributed by atoms with E-state index in [1.807, 2.05) is 43.5 Å². The maximum absolute atomic E-state index is 5.07. The molecule has 1 atom stereocenters. The molecule has 0 spiro atoms. The molecule has 0 saturated heterocycles. The summed E-state index contributed by atoms with van der Waals surface area (Å²) in [5.41, 5.74) is 0.872. The van der Waals surface area contributed by atoms with E-state index in [-0.39, 0.29) is 5.60 Å². The largest absolute Gasteiger partial charge is 0.379 e. The summed E-state index contributed by atoms with van der Waals surface area (Å²) in [7, 11) is 0. The van der Waals surface area contributed by atoms with Crippen molar-refractivity contribution in [3.05, 3.63) is 35.9 Å². The van der Waals surface area contributed by atoms with E-state index in [1.54, 1.807) is 0 Å². The fourth-order valence-electron chi connectivity index (χ4n) is 1.11. The van der Waals surface area contributed by atoms with Gasteiger partial charge in [-0.1, -0.05) is 35.5 Å². The predicted octanol–water partition coefficient (Wildman–Crippen LogP) is 1.92. The summed E-state index contributed by atoms with van der Waals surface area (Å²) < 4.78 is 0. The third-order valence-electron chi connectivity index (χ3n) is 1.89. The maximum Gasteiger partial charge on any atom is 0.198 e. The first-order valence-corrected chi connectivity index (χ1v) is 3.59. The van der Waals surface area contributed by atoms with Crippen LogP contribution in [-0.4, -0.2) is 6.21 Å². The lowest BCUT2D eigenvalue weighted by atomic mass is 9.96. The molecule has 1 aliphatic heterocycles. The Morgan fingerprint density at radius 1 is 1.27 bits per heavy atom. The smallest absolute Gasteiger partial charge is 0.198 e. The Kier molecular flexibility index (Phi) is 1.22. The monoisotopic (exact) mass is 147 g/mol. The van der Waals surface area contributed by atoms with Gasteiger partial charge in [-0.25, -0.2) is 0 Å². The van der Waals surface area contributed by atoms with Gasteiger partial charge >= 0.3 is 0 Å². The van der Waals surface area contributed by atoms with Crippen LogP contribution in [0.3, 0.4) is 0 Å². The SMILES string of the molecule is CC1(c2ccccc2)C=NO1. The van der Waals surface area contributed by atoms with Gasteiger partial charge in [0.25, 0.3) is 0 Å². The standard InChI is InChI=1S/C9H9NO/c1-9(7-10-11-9)8-5-3-2-4-6-8/h2-7H,1H3. The number of benzene rings is 1. The summed E-state index contributed by atoms with van der Waals surface area (Å²) in [4.78, 5) is 5.07. The van der Waals surface area contributed by atoms with E-state index in [0.717, 1.165) is 5.56 Å². The van der Waals surface area contributed by atoms with Gasteiger partial charge in [0.15, 0.2) is 5.60 Å². The van der Waals surface area contributed by atoms with E-state index in [9.17, 15) is 0 Å². The zero-order chi connectivity index (χ0) is 7.73. The first-order chi connectivity index (χ1) is 5.31. The minimum atomic E-state index is -0.277. The summed E-state index contributed by atoms with van der Waals surface area (Å²) in [6, 6.07) is 10.0. The van der Waals surface area contributed by atoms with E-state index in [2.05, 4.69) is 5.16 Å². The van der Waals surface area contributed by atoms with Gasteiger partial charge < -0.3 is 4.84 Å². The zero-order valence-corrected chi connectivity index (χ0v) is 6.32. The van der Waals surface area contributed by atoms with Crippen molar-refractivity contribution in [2.75, 3.05) is 0 Å². The Bertz CT molecular complexity index is 281. The Morgan fingerprint density at radius 3 is 2.36 bits per heavy atom. The second-order valence-electron chi connectivity index (χ2n) is 2.80. The summed E-state index contributed by atoms with van der Waals surface area (Å²) in [6.45, 7) is 2.00. The molecule has 1 unspecified atom stereocenters. The molecule has 0 bridgehead atoms. The van der Waals surface area contributed by atoms with E-state index in [0.29, 0.717) is 0 Å². The highest BCUT2D eigenvalue weighted by atomic mass is 16.7. The van der Waals surface area contributed by atoms with E-state index in [1.165, 1.54) is 0 Å². The molecule has 56 valence electrons. The van der Waals surface area contributed by atoms with E-state index >= 15 is 0 Å². The lowest BCUT2D eigenvalue weighted by Gasteiger charge is -2.29.